The minimum atomic E-state index is -0.552. The van der Waals surface area contributed by atoms with E-state index in [1.54, 1.807) is 6.20 Å². The number of hydrogen-bond donors (Lipinski definition) is 1. The summed E-state index contributed by atoms with van der Waals surface area (Å²) in [6, 6.07) is 15.6. The molecule has 2 aromatic rings. The highest BCUT2D eigenvalue weighted by molar-refractivity contribution is 6.07. The Balaban J connectivity index is 2.05. The van der Waals surface area contributed by atoms with Crippen LogP contribution >= 0.6 is 0 Å². The summed E-state index contributed by atoms with van der Waals surface area (Å²) in [6.45, 7) is 3.92. The fourth-order valence-electron chi connectivity index (χ4n) is 2.49. The van der Waals surface area contributed by atoms with E-state index >= 15 is 0 Å². The molecular formula is C16H17N3O. The van der Waals surface area contributed by atoms with Gasteiger partial charge in [0.2, 0.25) is 0 Å². The third kappa shape index (κ3) is 2.03. The highest BCUT2D eigenvalue weighted by Gasteiger charge is 2.44. The van der Waals surface area contributed by atoms with Crippen molar-refractivity contribution < 1.29 is 5.21 Å². The Morgan fingerprint density at radius 2 is 1.75 bits per heavy atom. The zero-order valence-electron chi connectivity index (χ0n) is 11.6. The van der Waals surface area contributed by atoms with Crippen LogP contribution in [-0.2, 0) is 0 Å². The maximum atomic E-state index is 10.5. The summed E-state index contributed by atoms with van der Waals surface area (Å²) in [5.41, 5.74) is 2.09. The molecular weight excluding hydrogens is 250 g/mol. The van der Waals surface area contributed by atoms with Crippen LogP contribution in [0.1, 0.15) is 31.3 Å². The zero-order valence-corrected chi connectivity index (χ0v) is 11.6. The standard InChI is InChI=1S/C16H17N3O/c1-16(2)14(12-8-4-3-5-9-12)18-15(19(16)20)13-10-6-7-11-17-13/h3-11,15,20H,1-2H3. The Labute approximate surface area is 118 Å². The van der Waals surface area contributed by atoms with Gasteiger partial charge in [-0.2, -0.15) is 5.06 Å². The fraction of sp³-hybridized carbons (Fsp3) is 0.250. The highest BCUT2D eigenvalue weighted by atomic mass is 16.5. The van der Waals surface area contributed by atoms with E-state index in [4.69, 9.17) is 4.99 Å². The topological polar surface area (TPSA) is 48.7 Å². The number of benzene rings is 1. The lowest BCUT2D eigenvalue weighted by molar-refractivity contribution is -0.160. The van der Waals surface area contributed by atoms with Crippen LogP contribution in [0.25, 0.3) is 0 Å². The zero-order chi connectivity index (χ0) is 14.2. The predicted octanol–water partition coefficient (Wildman–Crippen LogP) is 3.05. The van der Waals surface area contributed by atoms with E-state index in [0.29, 0.717) is 0 Å². The van der Waals surface area contributed by atoms with Crippen molar-refractivity contribution in [2.45, 2.75) is 25.6 Å². The molecule has 102 valence electrons. The molecule has 0 saturated carbocycles. The van der Waals surface area contributed by atoms with Gasteiger partial charge in [-0.1, -0.05) is 36.4 Å². The largest absolute Gasteiger partial charge is 0.311 e. The van der Waals surface area contributed by atoms with Gasteiger partial charge < -0.3 is 5.21 Å². The molecule has 1 atom stereocenters. The van der Waals surface area contributed by atoms with Crippen LogP contribution in [0.3, 0.4) is 0 Å². The first-order valence-corrected chi connectivity index (χ1v) is 6.63. The molecule has 1 aliphatic rings. The van der Waals surface area contributed by atoms with Crippen molar-refractivity contribution in [2.24, 2.45) is 4.99 Å². The van der Waals surface area contributed by atoms with Gasteiger partial charge in [0, 0.05) is 6.20 Å². The van der Waals surface area contributed by atoms with Crippen LogP contribution in [0.5, 0.6) is 0 Å². The first-order valence-electron chi connectivity index (χ1n) is 6.63. The van der Waals surface area contributed by atoms with Crippen LogP contribution in [0.15, 0.2) is 59.7 Å². The molecule has 1 aromatic carbocycles. The molecule has 4 heteroatoms. The van der Waals surface area contributed by atoms with Gasteiger partial charge in [-0.05, 0) is 31.5 Å². The van der Waals surface area contributed by atoms with Gasteiger partial charge in [-0.3, -0.25) is 9.98 Å². The number of aliphatic imine (C=N–C) groups is 1. The monoisotopic (exact) mass is 267 g/mol. The van der Waals surface area contributed by atoms with Crippen LogP contribution in [-0.4, -0.2) is 26.5 Å². The summed E-state index contributed by atoms with van der Waals surface area (Å²) in [5, 5.41) is 11.8. The Morgan fingerprint density at radius 3 is 2.40 bits per heavy atom. The van der Waals surface area contributed by atoms with E-state index in [1.807, 2.05) is 62.4 Å². The summed E-state index contributed by atoms with van der Waals surface area (Å²) < 4.78 is 0. The van der Waals surface area contributed by atoms with Crippen molar-refractivity contribution in [1.29, 1.82) is 0 Å². The molecule has 3 rings (SSSR count). The molecule has 0 amide bonds. The minimum Gasteiger partial charge on any atom is -0.311 e. The van der Waals surface area contributed by atoms with Crippen molar-refractivity contribution >= 4 is 5.71 Å². The van der Waals surface area contributed by atoms with E-state index in [1.165, 1.54) is 5.06 Å². The van der Waals surface area contributed by atoms with Crippen molar-refractivity contribution in [1.82, 2.24) is 10.0 Å². The second kappa shape index (κ2) is 4.81. The summed E-state index contributed by atoms with van der Waals surface area (Å²) in [7, 11) is 0. The maximum absolute atomic E-state index is 10.5. The second-order valence-electron chi connectivity index (χ2n) is 5.38. The van der Waals surface area contributed by atoms with Crippen molar-refractivity contribution in [3.63, 3.8) is 0 Å². The average molecular weight is 267 g/mol. The van der Waals surface area contributed by atoms with E-state index in [2.05, 4.69) is 4.98 Å². The number of hydroxylamine groups is 2. The number of aromatic nitrogens is 1. The Bertz CT molecular complexity index is 623. The smallest absolute Gasteiger partial charge is 0.168 e. The van der Waals surface area contributed by atoms with E-state index in [0.717, 1.165) is 17.0 Å². The summed E-state index contributed by atoms with van der Waals surface area (Å²) >= 11 is 0. The molecule has 2 heterocycles. The van der Waals surface area contributed by atoms with Gasteiger partial charge in [-0.15, -0.1) is 0 Å². The number of hydrogen-bond acceptors (Lipinski definition) is 4. The Morgan fingerprint density at radius 1 is 1.05 bits per heavy atom. The van der Waals surface area contributed by atoms with E-state index in [9.17, 15) is 5.21 Å². The van der Waals surface area contributed by atoms with Crippen molar-refractivity contribution in [3.05, 3.63) is 66.0 Å². The van der Waals surface area contributed by atoms with Crippen LogP contribution in [0, 0.1) is 0 Å². The lowest BCUT2D eigenvalue weighted by Crippen LogP contribution is -2.44. The van der Waals surface area contributed by atoms with Gasteiger partial charge in [-0.25, -0.2) is 0 Å². The summed E-state index contributed by atoms with van der Waals surface area (Å²) in [6.07, 6.45) is 1.26. The molecule has 0 aliphatic carbocycles. The second-order valence-corrected chi connectivity index (χ2v) is 5.38. The first-order chi connectivity index (χ1) is 9.60. The van der Waals surface area contributed by atoms with Crippen LogP contribution in [0.4, 0.5) is 0 Å². The van der Waals surface area contributed by atoms with Crippen molar-refractivity contribution in [3.8, 4) is 0 Å². The van der Waals surface area contributed by atoms with Crippen LogP contribution < -0.4 is 0 Å². The molecule has 20 heavy (non-hydrogen) atoms. The average Bonchev–Trinajstić information content (AvgIpc) is 2.72. The highest BCUT2D eigenvalue weighted by Crippen LogP contribution is 2.36. The van der Waals surface area contributed by atoms with Crippen LogP contribution in [0.2, 0.25) is 0 Å². The fourth-order valence-corrected chi connectivity index (χ4v) is 2.49. The van der Waals surface area contributed by atoms with Gasteiger partial charge in [0.25, 0.3) is 0 Å². The predicted molar refractivity (Wildman–Crippen MR) is 77.7 cm³/mol. The molecule has 1 aromatic heterocycles. The SMILES string of the molecule is CC1(C)C(c2ccccc2)=NC(c2ccccn2)N1O. The molecule has 0 radical (unpaired) electrons. The molecule has 0 bridgehead atoms. The Kier molecular flexibility index (Phi) is 3.12. The van der Waals surface area contributed by atoms with Gasteiger partial charge in [0.05, 0.1) is 16.9 Å². The molecule has 1 aliphatic heterocycles. The normalized spacial score (nSPS) is 21.8. The summed E-state index contributed by atoms with van der Waals surface area (Å²) in [5.74, 6) is 0. The lowest BCUT2D eigenvalue weighted by atomic mass is 9.93. The Hall–Kier alpha value is -2.04. The first kappa shape index (κ1) is 13.0. The van der Waals surface area contributed by atoms with Gasteiger partial charge in [0.15, 0.2) is 6.17 Å². The number of rotatable bonds is 2. The van der Waals surface area contributed by atoms with E-state index < -0.39 is 11.7 Å². The quantitative estimate of drug-likeness (QED) is 0.909. The molecule has 1 unspecified atom stereocenters. The molecule has 0 spiro atoms. The van der Waals surface area contributed by atoms with Gasteiger partial charge >= 0.3 is 0 Å². The molecule has 4 nitrogen and oxygen atoms in total. The third-order valence-electron chi connectivity index (χ3n) is 3.63. The molecule has 1 N–H and O–H groups in total. The third-order valence-corrected chi connectivity index (χ3v) is 3.63. The summed E-state index contributed by atoms with van der Waals surface area (Å²) in [4.78, 5) is 8.99. The van der Waals surface area contributed by atoms with Gasteiger partial charge in [0.1, 0.15) is 0 Å². The minimum absolute atomic E-state index is 0.457. The lowest BCUT2D eigenvalue weighted by Gasteiger charge is -2.29. The number of pyridine rings is 1. The van der Waals surface area contributed by atoms with Crippen molar-refractivity contribution in [2.75, 3.05) is 0 Å². The maximum Gasteiger partial charge on any atom is 0.168 e. The molecule has 0 saturated heterocycles. The molecule has 0 fully saturated rings. The van der Waals surface area contributed by atoms with E-state index in [-0.39, 0.29) is 0 Å². The number of nitrogens with zero attached hydrogens (tertiary/aromatic N) is 3.